The topological polar surface area (TPSA) is 73.6 Å². The summed E-state index contributed by atoms with van der Waals surface area (Å²) in [6, 6.07) is 7.87. The van der Waals surface area contributed by atoms with Crippen LogP contribution in [0.15, 0.2) is 24.3 Å². The van der Waals surface area contributed by atoms with Gasteiger partial charge in [-0.3, -0.25) is 4.79 Å². The van der Waals surface area contributed by atoms with Crippen molar-refractivity contribution in [3.8, 4) is 5.75 Å². The van der Waals surface area contributed by atoms with Crippen LogP contribution in [-0.2, 0) is 16.0 Å². The molecule has 1 aromatic carbocycles. The van der Waals surface area contributed by atoms with Crippen LogP contribution in [0.1, 0.15) is 25.3 Å². The highest BCUT2D eigenvalue weighted by Crippen LogP contribution is 2.21. The zero-order valence-electron chi connectivity index (χ0n) is 12.7. The van der Waals surface area contributed by atoms with Crippen LogP contribution in [0.25, 0.3) is 0 Å². The first-order chi connectivity index (χ1) is 10.1. The predicted octanol–water partition coefficient (Wildman–Crippen LogP) is 1.25. The van der Waals surface area contributed by atoms with E-state index >= 15 is 0 Å². The molecule has 1 aliphatic rings. The Bertz CT molecular complexity index is 478. The van der Waals surface area contributed by atoms with Crippen molar-refractivity contribution in [2.75, 3.05) is 13.7 Å². The minimum Gasteiger partial charge on any atom is -0.496 e. The number of carbonyl (C=O) groups is 1. The fourth-order valence-corrected chi connectivity index (χ4v) is 2.66. The molecule has 0 aliphatic carbocycles. The molecule has 116 valence electrons. The van der Waals surface area contributed by atoms with E-state index in [1.54, 1.807) is 7.11 Å². The maximum atomic E-state index is 12.2. The summed E-state index contributed by atoms with van der Waals surface area (Å²) in [6.45, 7) is 2.46. The van der Waals surface area contributed by atoms with Crippen LogP contribution in [0.3, 0.4) is 0 Å². The third kappa shape index (κ3) is 4.19. The molecule has 2 rings (SSSR count). The molecule has 1 aliphatic heterocycles. The average molecular weight is 292 g/mol. The highest BCUT2D eigenvalue weighted by Gasteiger charge is 2.30. The Balaban J connectivity index is 1.87. The molecule has 21 heavy (non-hydrogen) atoms. The molecule has 0 saturated carbocycles. The van der Waals surface area contributed by atoms with Crippen molar-refractivity contribution in [3.05, 3.63) is 29.8 Å². The van der Waals surface area contributed by atoms with Gasteiger partial charge in [0.05, 0.1) is 13.2 Å². The molecule has 1 saturated heterocycles. The van der Waals surface area contributed by atoms with Crippen molar-refractivity contribution < 1.29 is 14.3 Å². The summed E-state index contributed by atoms with van der Waals surface area (Å²) in [5.41, 5.74) is 6.64. The molecule has 0 radical (unpaired) electrons. The summed E-state index contributed by atoms with van der Waals surface area (Å²) in [5.74, 6) is 0.798. The van der Waals surface area contributed by atoms with Gasteiger partial charge in [0, 0.05) is 12.6 Å². The van der Waals surface area contributed by atoms with E-state index in [1.165, 1.54) is 0 Å². The second-order valence-corrected chi connectivity index (χ2v) is 5.49. The number of ether oxygens (including phenoxy) is 2. The Labute approximate surface area is 125 Å². The second-order valence-electron chi connectivity index (χ2n) is 5.49. The lowest BCUT2D eigenvalue weighted by Gasteiger charge is -2.18. The summed E-state index contributed by atoms with van der Waals surface area (Å²) >= 11 is 0. The van der Waals surface area contributed by atoms with Crippen LogP contribution in [0.2, 0.25) is 0 Å². The Morgan fingerprint density at radius 2 is 2.24 bits per heavy atom. The van der Waals surface area contributed by atoms with E-state index in [0.717, 1.165) is 30.6 Å². The number of para-hydroxylation sites is 1. The largest absolute Gasteiger partial charge is 0.496 e. The summed E-state index contributed by atoms with van der Waals surface area (Å²) in [6.07, 6.45) is 1.98. The molecule has 1 amide bonds. The summed E-state index contributed by atoms with van der Waals surface area (Å²) in [7, 11) is 1.65. The molecule has 1 aromatic rings. The number of amides is 1. The minimum absolute atomic E-state index is 0.0188. The maximum Gasteiger partial charge on any atom is 0.249 e. The average Bonchev–Trinajstić information content (AvgIpc) is 2.96. The Morgan fingerprint density at radius 3 is 2.90 bits per heavy atom. The fourth-order valence-electron chi connectivity index (χ4n) is 2.66. The smallest absolute Gasteiger partial charge is 0.249 e. The van der Waals surface area contributed by atoms with E-state index in [4.69, 9.17) is 15.2 Å². The third-order valence-electron chi connectivity index (χ3n) is 3.77. The normalized spacial score (nSPS) is 22.8. The van der Waals surface area contributed by atoms with Crippen molar-refractivity contribution in [1.29, 1.82) is 0 Å². The van der Waals surface area contributed by atoms with E-state index in [0.29, 0.717) is 6.54 Å². The van der Waals surface area contributed by atoms with Gasteiger partial charge in [0.1, 0.15) is 11.9 Å². The van der Waals surface area contributed by atoms with E-state index in [-0.39, 0.29) is 24.2 Å². The molecule has 1 heterocycles. The molecular weight excluding hydrogens is 268 g/mol. The monoisotopic (exact) mass is 292 g/mol. The van der Waals surface area contributed by atoms with Gasteiger partial charge in [-0.15, -0.1) is 0 Å². The van der Waals surface area contributed by atoms with Crippen molar-refractivity contribution >= 4 is 5.91 Å². The fraction of sp³-hybridized carbons (Fsp3) is 0.562. The van der Waals surface area contributed by atoms with Crippen LogP contribution < -0.4 is 15.8 Å². The number of hydrogen-bond acceptors (Lipinski definition) is 4. The van der Waals surface area contributed by atoms with Crippen LogP contribution in [-0.4, -0.2) is 37.8 Å². The van der Waals surface area contributed by atoms with Crippen LogP contribution >= 0.6 is 0 Å². The Hall–Kier alpha value is -1.59. The Morgan fingerprint density at radius 1 is 1.48 bits per heavy atom. The van der Waals surface area contributed by atoms with E-state index in [9.17, 15) is 4.79 Å². The third-order valence-corrected chi connectivity index (χ3v) is 3.77. The van der Waals surface area contributed by atoms with Gasteiger partial charge >= 0.3 is 0 Å². The first-order valence-electron chi connectivity index (χ1n) is 7.41. The van der Waals surface area contributed by atoms with Crippen molar-refractivity contribution in [2.45, 2.75) is 44.4 Å². The van der Waals surface area contributed by atoms with Gasteiger partial charge in [-0.1, -0.05) is 18.2 Å². The number of hydrogen-bond donors (Lipinski definition) is 2. The molecule has 5 nitrogen and oxygen atoms in total. The quantitative estimate of drug-likeness (QED) is 0.827. The van der Waals surface area contributed by atoms with Gasteiger partial charge in [-0.05, 0) is 37.8 Å². The minimum atomic E-state index is -0.362. The maximum absolute atomic E-state index is 12.2. The zero-order valence-corrected chi connectivity index (χ0v) is 12.7. The number of benzene rings is 1. The molecule has 3 N–H and O–H groups in total. The molecule has 0 spiro atoms. The van der Waals surface area contributed by atoms with Crippen LogP contribution in [0, 0.1) is 0 Å². The highest BCUT2D eigenvalue weighted by atomic mass is 16.5. The van der Waals surface area contributed by atoms with Gasteiger partial charge in [-0.2, -0.15) is 0 Å². The molecule has 0 aromatic heterocycles. The zero-order chi connectivity index (χ0) is 15.2. The highest BCUT2D eigenvalue weighted by molar-refractivity contribution is 5.81. The van der Waals surface area contributed by atoms with Gasteiger partial charge in [0.25, 0.3) is 0 Å². The predicted molar refractivity (Wildman–Crippen MR) is 81.3 cm³/mol. The summed E-state index contributed by atoms with van der Waals surface area (Å²) in [4.78, 5) is 12.2. The molecular formula is C16H24N2O3. The SMILES string of the molecule is COc1ccccc1CC(C)NC(=O)C1CCC(CN)O1. The Kier molecular flexibility index (Phi) is 5.59. The number of methoxy groups -OCH3 is 1. The molecule has 3 atom stereocenters. The van der Waals surface area contributed by atoms with Crippen LogP contribution in [0.4, 0.5) is 0 Å². The van der Waals surface area contributed by atoms with Gasteiger partial charge in [0.2, 0.25) is 5.91 Å². The van der Waals surface area contributed by atoms with Crippen molar-refractivity contribution in [3.63, 3.8) is 0 Å². The lowest BCUT2D eigenvalue weighted by Crippen LogP contribution is -2.41. The van der Waals surface area contributed by atoms with E-state index in [2.05, 4.69) is 5.32 Å². The molecule has 3 unspecified atom stereocenters. The van der Waals surface area contributed by atoms with Gasteiger partial charge < -0.3 is 20.5 Å². The summed E-state index contributed by atoms with van der Waals surface area (Å²) in [5, 5.41) is 3.01. The molecule has 5 heteroatoms. The van der Waals surface area contributed by atoms with Crippen molar-refractivity contribution in [1.82, 2.24) is 5.32 Å². The number of nitrogens with two attached hydrogens (primary N) is 1. The molecule has 1 fully saturated rings. The standard InChI is InChI=1S/C16H24N2O3/c1-11(9-12-5-3-4-6-14(12)20-2)18-16(19)15-8-7-13(10-17)21-15/h3-6,11,13,15H,7-10,17H2,1-2H3,(H,18,19). The molecule has 0 bridgehead atoms. The van der Waals surface area contributed by atoms with Gasteiger partial charge in [-0.25, -0.2) is 0 Å². The van der Waals surface area contributed by atoms with Crippen molar-refractivity contribution in [2.24, 2.45) is 5.73 Å². The number of carbonyl (C=O) groups excluding carboxylic acids is 1. The van der Waals surface area contributed by atoms with Gasteiger partial charge in [0.15, 0.2) is 0 Å². The number of nitrogens with one attached hydrogen (secondary N) is 1. The second kappa shape index (κ2) is 7.43. The summed E-state index contributed by atoms with van der Waals surface area (Å²) < 4.78 is 10.9. The lowest BCUT2D eigenvalue weighted by molar-refractivity contribution is -0.132. The lowest BCUT2D eigenvalue weighted by atomic mass is 10.1. The van der Waals surface area contributed by atoms with Crippen LogP contribution in [0.5, 0.6) is 5.75 Å². The van der Waals surface area contributed by atoms with E-state index < -0.39 is 0 Å². The van der Waals surface area contributed by atoms with E-state index in [1.807, 2.05) is 31.2 Å². The number of rotatable bonds is 6. The first kappa shape index (κ1) is 15.8. The first-order valence-corrected chi connectivity index (χ1v) is 7.41.